The molecule has 0 aromatic carbocycles. The van der Waals surface area contributed by atoms with Crippen molar-refractivity contribution in [2.75, 3.05) is 0 Å². The van der Waals surface area contributed by atoms with Gasteiger partial charge in [0.1, 0.15) is 5.76 Å². The van der Waals surface area contributed by atoms with Crippen molar-refractivity contribution in [3.63, 3.8) is 0 Å². The number of carboxylic acids is 1. The van der Waals surface area contributed by atoms with Gasteiger partial charge in [0.2, 0.25) is 0 Å². The number of hydrogen-bond acceptors (Lipinski definition) is 3. The van der Waals surface area contributed by atoms with E-state index in [9.17, 15) is 4.79 Å². The fourth-order valence-corrected chi connectivity index (χ4v) is 2.64. The first-order chi connectivity index (χ1) is 7.52. The maximum atomic E-state index is 11.0. The summed E-state index contributed by atoms with van der Waals surface area (Å²) < 4.78 is 5.31. The summed E-state index contributed by atoms with van der Waals surface area (Å²) in [6, 6.07) is 0. The van der Waals surface area contributed by atoms with E-state index in [1.807, 2.05) is 0 Å². The van der Waals surface area contributed by atoms with Crippen LogP contribution in [-0.2, 0) is 0 Å². The Bertz CT molecular complexity index is 395. The molecule has 2 rings (SSSR count). The molecule has 1 aliphatic rings. The maximum absolute atomic E-state index is 11.0. The average molecular weight is 223 g/mol. The van der Waals surface area contributed by atoms with E-state index in [4.69, 9.17) is 9.52 Å². The van der Waals surface area contributed by atoms with Gasteiger partial charge in [0.15, 0.2) is 12.1 Å². The molecule has 1 aliphatic carbocycles. The Balaban J connectivity index is 2.35. The van der Waals surface area contributed by atoms with Crippen LogP contribution in [0.25, 0.3) is 0 Å². The van der Waals surface area contributed by atoms with E-state index >= 15 is 0 Å². The predicted octanol–water partition coefficient (Wildman–Crippen LogP) is 3.06. The lowest BCUT2D eigenvalue weighted by Crippen LogP contribution is -2.27. The third-order valence-corrected chi connectivity index (χ3v) is 3.62. The summed E-state index contributed by atoms with van der Waals surface area (Å²) in [4.78, 5) is 14.8. The first-order valence-corrected chi connectivity index (χ1v) is 5.69. The quantitative estimate of drug-likeness (QED) is 0.836. The Morgan fingerprint density at radius 2 is 2.31 bits per heavy atom. The first kappa shape index (κ1) is 11.2. The van der Waals surface area contributed by atoms with Gasteiger partial charge < -0.3 is 9.52 Å². The second kappa shape index (κ2) is 3.92. The van der Waals surface area contributed by atoms with Gasteiger partial charge >= 0.3 is 5.97 Å². The molecule has 1 saturated carbocycles. The van der Waals surface area contributed by atoms with Crippen molar-refractivity contribution in [1.29, 1.82) is 0 Å². The summed E-state index contributed by atoms with van der Waals surface area (Å²) in [5.74, 6) is -0.267. The Morgan fingerprint density at radius 3 is 2.94 bits per heavy atom. The third-order valence-electron chi connectivity index (χ3n) is 3.62. The van der Waals surface area contributed by atoms with Gasteiger partial charge in [0, 0.05) is 5.92 Å². The minimum atomic E-state index is -0.995. The molecule has 4 heteroatoms. The van der Waals surface area contributed by atoms with Gasteiger partial charge in [0.25, 0.3) is 0 Å². The van der Waals surface area contributed by atoms with Crippen LogP contribution in [0.4, 0.5) is 0 Å². The van der Waals surface area contributed by atoms with Gasteiger partial charge in [-0.2, -0.15) is 0 Å². The number of aromatic nitrogens is 1. The standard InChI is InChI=1S/C12H17NO3/c1-12(2)6-4-3-5-8(12)10-9(11(14)15)13-7-16-10/h7-8H,3-6H2,1-2H3,(H,14,15). The van der Waals surface area contributed by atoms with Gasteiger partial charge in [-0.15, -0.1) is 0 Å². The number of hydrogen-bond donors (Lipinski definition) is 1. The summed E-state index contributed by atoms with van der Waals surface area (Å²) >= 11 is 0. The molecule has 1 fully saturated rings. The number of oxazole rings is 1. The van der Waals surface area contributed by atoms with Crippen LogP contribution in [-0.4, -0.2) is 16.1 Å². The van der Waals surface area contributed by atoms with Crippen LogP contribution in [0.5, 0.6) is 0 Å². The van der Waals surface area contributed by atoms with E-state index in [-0.39, 0.29) is 17.0 Å². The zero-order chi connectivity index (χ0) is 11.8. The SMILES string of the molecule is CC1(C)CCCCC1c1ocnc1C(=O)O. The lowest BCUT2D eigenvalue weighted by molar-refractivity contribution is 0.0684. The number of rotatable bonds is 2. The Morgan fingerprint density at radius 1 is 1.56 bits per heavy atom. The predicted molar refractivity (Wildman–Crippen MR) is 58.5 cm³/mol. The molecule has 88 valence electrons. The largest absolute Gasteiger partial charge is 0.476 e. The van der Waals surface area contributed by atoms with Crippen molar-refractivity contribution in [3.8, 4) is 0 Å². The topological polar surface area (TPSA) is 63.3 Å². The molecular weight excluding hydrogens is 206 g/mol. The molecule has 0 bridgehead atoms. The summed E-state index contributed by atoms with van der Waals surface area (Å²) in [7, 11) is 0. The lowest BCUT2D eigenvalue weighted by atomic mass is 9.67. The number of carbonyl (C=O) groups is 1. The molecule has 16 heavy (non-hydrogen) atoms. The molecular formula is C12H17NO3. The van der Waals surface area contributed by atoms with Crippen molar-refractivity contribution in [2.45, 2.75) is 45.4 Å². The maximum Gasteiger partial charge on any atom is 0.358 e. The van der Waals surface area contributed by atoms with E-state index in [0.29, 0.717) is 5.76 Å². The molecule has 0 spiro atoms. The Labute approximate surface area is 94.7 Å². The van der Waals surface area contributed by atoms with E-state index < -0.39 is 5.97 Å². The fourth-order valence-electron chi connectivity index (χ4n) is 2.64. The highest BCUT2D eigenvalue weighted by Gasteiger charge is 2.38. The van der Waals surface area contributed by atoms with Crippen LogP contribution >= 0.6 is 0 Å². The number of carboxylic acid groups (broad SMARTS) is 1. The molecule has 0 aliphatic heterocycles. The van der Waals surface area contributed by atoms with E-state index in [1.165, 1.54) is 12.8 Å². The van der Waals surface area contributed by atoms with Gasteiger partial charge in [-0.05, 0) is 18.3 Å². The third kappa shape index (κ3) is 1.84. The second-order valence-corrected chi connectivity index (χ2v) is 5.16. The Hall–Kier alpha value is -1.32. The molecule has 4 nitrogen and oxygen atoms in total. The van der Waals surface area contributed by atoms with Gasteiger partial charge in [-0.25, -0.2) is 9.78 Å². The normalized spacial score (nSPS) is 24.2. The summed E-state index contributed by atoms with van der Waals surface area (Å²) in [5, 5.41) is 9.03. The van der Waals surface area contributed by atoms with Gasteiger partial charge in [0.05, 0.1) is 0 Å². The van der Waals surface area contributed by atoms with Gasteiger partial charge in [-0.3, -0.25) is 0 Å². The van der Waals surface area contributed by atoms with Crippen LogP contribution in [0.2, 0.25) is 0 Å². The monoisotopic (exact) mass is 223 g/mol. The van der Waals surface area contributed by atoms with Crippen LogP contribution in [0.3, 0.4) is 0 Å². The van der Waals surface area contributed by atoms with Crippen molar-refractivity contribution < 1.29 is 14.3 Å². The molecule has 0 radical (unpaired) electrons. The van der Waals surface area contributed by atoms with Gasteiger partial charge in [-0.1, -0.05) is 26.7 Å². The molecule has 1 atom stereocenters. The first-order valence-electron chi connectivity index (χ1n) is 5.69. The number of aromatic carboxylic acids is 1. The molecule has 0 saturated heterocycles. The fraction of sp³-hybridized carbons (Fsp3) is 0.667. The summed E-state index contributed by atoms with van der Waals surface area (Å²) in [6.45, 7) is 4.34. The van der Waals surface area contributed by atoms with E-state index in [1.54, 1.807) is 0 Å². The van der Waals surface area contributed by atoms with Crippen LogP contribution in [0, 0.1) is 5.41 Å². The van der Waals surface area contributed by atoms with Crippen LogP contribution in [0.1, 0.15) is 61.7 Å². The van der Waals surface area contributed by atoms with E-state index in [0.717, 1.165) is 19.3 Å². The summed E-state index contributed by atoms with van der Waals surface area (Å²) in [6.07, 6.45) is 5.68. The zero-order valence-electron chi connectivity index (χ0n) is 9.69. The van der Waals surface area contributed by atoms with Crippen molar-refractivity contribution >= 4 is 5.97 Å². The van der Waals surface area contributed by atoms with E-state index in [2.05, 4.69) is 18.8 Å². The Kier molecular flexibility index (Phi) is 2.74. The second-order valence-electron chi connectivity index (χ2n) is 5.16. The van der Waals surface area contributed by atoms with Crippen LogP contribution < -0.4 is 0 Å². The molecule has 1 aromatic rings. The molecule has 1 heterocycles. The molecule has 1 N–H and O–H groups in total. The lowest BCUT2D eigenvalue weighted by Gasteiger charge is -2.37. The smallest absolute Gasteiger partial charge is 0.358 e. The molecule has 1 unspecified atom stereocenters. The van der Waals surface area contributed by atoms with Crippen molar-refractivity contribution in [2.24, 2.45) is 5.41 Å². The minimum Gasteiger partial charge on any atom is -0.476 e. The van der Waals surface area contributed by atoms with Crippen LogP contribution in [0.15, 0.2) is 10.8 Å². The number of nitrogens with zero attached hydrogens (tertiary/aromatic N) is 1. The highest BCUT2D eigenvalue weighted by Crippen LogP contribution is 2.47. The minimum absolute atomic E-state index is 0.0833. The highest BCUT2D eigenvalue weighted by molar-refractivity contribution is 5.86. The zero-order valence-corrected chi connectivity index (χ0v) is 9.69. The average Bonchev–Trinajstić information content (AvgIpc) is 2.65. The highest BCUT2D eigenvalue weighted by atomic mass is 16.4. The summed E-state index contributed by atoms with van der Waals surface area (Å²) in [5.41, 5.74) is 0.183. The molecule has 0 amide bonds. The molecule has 1 aromatic heterocycles. The van der Waals surface area contributed by atoms with Crippen molar-refractivity contribution in [1.82, 2.24) is 4.98 Å². The van der Waals surface area contributed by atoms with Crippen molar-refractivity contribution in [3.05, 3.63) is 17.8 Å².